The molecule has 2 aliphatic rings. The number of likely N-dealkylation sites (tertiary alicyclic amines) is 2. The minimum absolute atomic E-state index is 0.196. The maximum absolute atomic E-state index is 12.0. The SMILES string of the molecule is C=C(C)CC(=O)N1CCC(N(C)CCC(=O)N2CCC2)CC1. The molecule has 0 spiro atoms. The normalized spacial score (nSPS) is 19.2. The monoisotopic (exact) mass is 307 g/mol. The van der Waals surface area contributed by atoms with Crippen LogP contribution in [-0.4, -0.2) is 72.3 Å². The molecule has 5 heteroatoms. The van der Waals surface area contributed by atoms with Gasteiger partial charge in [-0.05, 0) is 33.2 Å². The maximum atomic E-state index is 12.0. The van der Waals surface area contributed by atoms with Crippen molar-refractivity contribution in [1.29, 1.82) is 0 Å². The number of carbonyl (C=O) groups excluding carboxylic acids is 2. The average molecular weight is 307 g/mol. The third kappa shape index (κ3) is 4.57. The van der Waals surface area contributed by atoms with Gasteiger partial charge in [0.15, 0.2) is 0 Å². The van der Waals surface area contributed by atoms with E-state index in [2.05, 4.69) is 18.5 Å². The summed E-state index contributed by atoms with van der Waals surface area (Å²) in [7, 11) is 2.10. The molecule has 22 heavy (non-hydrogen) atoms. The van der Waals surface area contributed by atoms with Crippen LogP contribution in [0.1, 0.15) is 39.0 Å². The fourth-order valence-electron chi connectivity index (χ4n) is 3.10. The molecule has 2 rings (SSSR count). The van der Waals surface area contributed by atoms with Gasteiger partial charge in [-0.15, -0.1) is 0 Å². The zero-order valence-electron chi connectivity index (χ0n) is 14.0. The van der Waals surface area contributed by atoms with Gasteiger partial charge in [0, 0.05) is 51.6 Å². The molecule has 5 nitrogen and oxygen atoms in total. The van der Waals surface area contributed by atoms with Crippen LogP contribution in [0.4, 0.5) is 0 Å². The summed E-state index contributed by atoms with van der Waals surface area (Å²) in [6, 6.07) is 0.484. The Morgan fingerprint density at radius 3 is 2.18 bits per heavy atom. The van der Waals surface area contributed by atoms with E-state index in [0.717, 1.165) is 57.6 Å². The average Bonchev–Trinajstić information content (AvgIpc) is 2.42. The van der Waals surface area contributed by atoms with Crippen molar-refractivity contribution >= 4 is 11.8 Å². The molecule has 2 heterocycles. The molecular weight excluding hydrogens is 278 g/mol. The van der Waals surface area contributed by atoms with Gasteiger partial charge in [-0.1, -0.05) is 12.2 Å². The highest BCUT2D eigenvalue weighted by molar-refractivity contribution is 5.78. The van der Waals surface area contributed by atoms with Gasteiger partial charge >= 0.3 is 0 Å². The van der Waals surface area contributed by atoms with E-state index < -0.39 is 0 Å². The Bertz CT molecular complexity index is 424. The molecule has 0 unspecified atom stereocenters. The molecule has 124 valence electrons. The van der Waals surface area contributed by atoms with Gasteiger partial charge in [0.1, 0.15) is 0 Å². The Hall–Kier alpha value is -1.36. The smallest absolute Gasteiger partial charge is 0.226 e. The van der Waals surface area contributed by atoms with Gasteiger partial charge in [-0.2, -0.15) is 0 Å². The molecule has 0 atom stereocenters. The van der Waals surface area contributed by atoms with Crippen molar-refractivity contribution < 1.29 is 9.59 Å². The minimum atomic E-state index is 0.196. The zero-order valence-corrected chi connectivity index (χ0v) is 14.0. The fraction of sp³-hybridized carbons (Fsp3) is 0.765. The molecule has 0 aromatic carbocycles. The summed E-state index contributed by atoms with van der Waals surface area (Å²) >= 11 is 0. The van der Waals surface area contributed by atoms with Crippen molar-refractivity contribution in [2.45, 2.75) is 45.1 Å². The lowest BCUT2D eigenvalue weighted by Gasteiger charge is -2.37. The first-order valence-corrected chi connectivity index (χ1v) is 8.37. The maximum Gasteiger partial charge on any atom is 0.226 e. The highest BCUT2D eigenvalue weighted by Crippen LogP contribution is 2.17. The quantitative estimate of drug-likeness (QED) is 0.699. The molecule has 2 saturated heterocycles. The van der Waals surface area contributed by atoms with Gasteiger partial charge in [-0.25, -0.2) is 0 Å². The van der Waals surface area contributed by atoms with Gasteiger partial charge in [0.05, 0.1) is 0 Å². The molecule has 2 fully saturated rings. The zero-order chi connectivity index (χ0) is 16.1. The minimum Gasteiger partial charge on any atom is -0.343 e. The van der Waals surface area contributed by atoms with Crippen LogP contribution in [0.2, 0.25) is 0 Å². The van der Waals surface area contributed by atoms with Crippen molar-refractivity contribution in [2.24, 2.45) is 0 Å². The van der Waals surface area contributed by atoms with Gasteiger partial charge in [-0.3, -0.25) is 9.59 Å². The van der Waals surface area contributed by atoms with Crippen LogP contribution in [0.15, 0.2) is 12.2 Å². The Morgan fingerprint density at radius 1 is 1.09 bits per heavy atom. The first kappa shape index (κ1) is 17.0. The van der Waals surface area contributed by atoms with E-state index in [4.69, 9.17) is 0 Å². The van der Waals surface area contributed by atoms with Crippen molar-refractivity contribution in [3.8, 4) is 0 Å². The predicted octanol–water partition coefficient (Wildman–Crippen LogP) is 1.50. The summed E-state index contributed by atoms with van der Waals surface area (Å²) in [5.74, 6) is 0.480. The summed E-state index contributed by atoms with van der Waals surface area (Å²) in [5, 5.41) is 0. The van der Waals surface area contributed by atoms with Crippen LogP contribution in [-0.2, 0) is 9.59 Å². The van der Waals surface area contributed by atoms with Crippen LogP contribution in [0.25, 0.3) is 0 Å². The standard InChI is InChI=1S/C17H29N3O2/c1-14(2)13-17(22)20-11-5-15(6-12-20)18(3)10-7-16(21)19-8-4-9-19/h15H,1,4-13H2,2-3H3. The van der Waals surface area contributed by atoms with E-state index >= 15 is 0 Å². The number of nitrogens with zero attached hydrogens (tertiary/aromatic N) is 3. The number of amides is 2. The Kier molecular flexibility index (Phi) is 6.00. The summed E-state index contributed by atoms with van der Waals surface area (Å²) < 4.78 is 0. The van der Waals surface area contributed by atoms with Crippen LogP contribution in [0.5, 0.6) is 0 Å². The van der Waals surface area contributed by atoms with Crippen molar-refractivity contribution in [3.05, 3.63) is 12.2 Å². The van der Waals surface area contributed by atoms with E-state index in [1.807, 2.05) is 16.7 Å². The second-order valence-electron chi connectivity index (χ2n) is 6.71. The summed E-state index contributed by atoms with van der Waals surface area (Å²) in [4.78, 5) is 30.1. The molecule has 0 aliphatic carbocycles. The lowest BCUT2D eigenvalue weighted by atomic mass is 10.0. The highest BCUT2D eigenvalue weighted by atomic mass is 16.2. The molecule has 0 bridgehead atoms. The molecule has 0 N–H and O–H groups in total. The number of rotatable bonds is 6. The number of carbonyl (C=O) groups is 2. The molecule has 0 saturated carbocycles. The van der Waals surface area contributed by atoms with E-state index in [1.54, 1.807) is 0 Å². The molecule has 2 aliphatic heterocycles. The van der Waals surface area contributed by atoms with E-state index in [9.17, 15) is 9.59 Å². The van der Waals surface area contributed by atoms with Crippen molar-refractivity contribution in [1.82, 2.24) is 14.7 Å². The van der Waals surface area contributed by atoms with Gasteiger partial charge < -0.3 is 14.7 Å². The van der Waals surface area contributed by atoms with Gasteiger partial charge in [0.2, 0.25) is 11.8 Å². The highest BCUT2D eigenvalue weighted by Gasteiger charge is 2.26. The molecule has 0 aromatic heterocycles. The predicted molar refractivity (Wildman–Crippen MR) is 87.5 cm³/mol. The summed E-state index contributed by atoms with van der Waals surface area (Å²) in [6.45, 7) is 10.0. The third-order valence-corrected chi connectivity index (χ3v) is 4.78. The Balaban J connectivity index is 1.68. The molecule has 0 aromatic rings. The van der Waals surface area contributed by atoms with Crippen LogP contribution in [0.3, 0.4) is 0 Å². The lowest BCUT2D eigenvalue weighted by molar-refractivity contribution is -0.135. The Morgan fingerprint density at radius 2 is 1.68 bits per heavy atom. The summed E-state index contributed by atoms with van der Waals surface area (Å²) in [5.41, 5.74) is 0.925. The van der Waals surface area contributed by atoms with Gasteiger partial charge in [0.25, 0.3) is 0 Å². The van der Waals surface area contributed by atoms with E-state index in [0.29, 0.717) is 18.9 Å². The number of hydrogen-bond acceptors (Lipinski definition) is 3. The second-order valence-corrected chi connectivity index (χ2v) is 6.71. The third-order valence-electron chi connectivity index (χ3n) is 4.78. The van der Waals surface area contributed by atoms with Crippen LogP contribution >= 0.6 is 0 Å². The van der Waals surface area contributed by atoms with Crippen molar-refractivity contribution in [2.75, 3.05) is 39.8 Å². The lowest BCUT2D eigenvalue weighted by Crippen LogP contribution is -2.47. The topological polar surface area (TPSA) is 43.9 Å². The first-order chi connectivity index (χ1) is 10.5. The first-order valence-electron chi connectivity index (χ1n) is 8.37. The molecule has 2 amide bonds. The largest absolute Gasteiger partial charge is 0.343 e. The molecule has 0 radical (unpaired) electrons. The summed E-state index contributed by atoms with van der Waals surface area (Å²) in [6.07, 6.45) is 4.22. The number of hydrogen-bond donors (Lipinski definition) is 0. The van der Waals surface area contributed by atoms with Crippen molar-refractivity contribution in [3.63, 3.8) is 0 Å². The number of piperidine rings is 1. The molecular formula is C17H29N3O2. The second kappa shape index (κ2) is 7.77. The Labute approximate surface area is 133 Å². The van der Waals surface area contributed by atoms with Crippen LogP contribution < -0.4 is 0 Å². The van der Waals surface area contributed by atoms with E-state index in [1.165, 1.54) is 0 Å². The fourth-order valence-corrected chi connectivity index (χ4v) is 3.10. The van der Waals surface area contributed by atoms with E-state index in [-0.39, 0.29) is 11.8 Å². The van der Waals surface area contributed by atoms with Crippen LogP contribution in [0, 0.1) is 0 Å².